The molecule has 0 atom stereocenters. The van der Waals surface area contributed by atoms with Gasteiger partial charge in [0.05, 0.1) is 31.3 Å². The van der Waals surface area contributed by atoms with E-state index in [1.165, 1.54) is 13.2 Å². The van der Waals surface area contributed by atoms with Crippen molar-refractivity contribution in [2.75, 3.05) is 12.8 Å². The molecule has 4 rings (SSSR count). The molecule has 0 aliphatic heterocycles. The Morgan fingerprint density at radius 1 is 1.12 bits per heavy atom. The minimum absolute atomic E-state index is 0.0000524. The molecule has 3 aromatic heterocycles. The maximum Gasteiger partial charge on any atom is 0.390 e. The molecule has 0 bridgehead atoms. The molecule has 0 aliphatic carbocycles. The van der Waals surface area contributed by atoms with Crippen LogP contribution in [0.5, 0.6) is 0 Å². The van der Waals surface area contributed by atoms with Crippen molar-refractivity contribution >= 4 is 17.6 Å². The normalized spacial score (nSPS) is 11.7. The molecule has 9 nitrogen and oxygen atoms in total. The largest absolute Gasteiger partial charge is 0.464 e. The number of aryl methyl sites for hydroxylation is 2. The number of nitrogens with two attached hydrogens (primary N) is 1. The van der Waals surface area contributed by atoms with Crippen LogP contribution in [0.1, 0.15) is 22.6 Å². The minimum Gasteiger partial charge on any atom is -0.464 e. The molecule has 12 heteroatoms. The Balaban J connectivity index is 2.05. The van der Waals surface area contributed by atoms with Gasteiger partial charge in [0.15, 0.2) is 5.65 Å². The second-order valence-electron chi connectivity index (χ2n) is 7.46. The van der Waals surface area contributed by atoms with Gasteiger partial charge in [0.25, 0.3) is 0 Å². The highest BCUT2D eigenvalue weighted by molar-refractivity contribution is 5.94. The zero-order valence-electron chi connectivity index (χ0n) is 18.1. The lowest BCUT2D eigenvalue weighted by atomic mass is 9.99. The summed E-state index contributed by atoms with van der Waals surface area (Å²) in [5, 5.41) is 4.17. The number of rotatable bonds is 5. The van der Waals surface area contributed by atoms with E-state index in [1.807, 2.05) is 0 Å². The van der Waals surface area contributed by atoms with Gasteiger partial charge in [-0.1, -0.05) is 30.3 Å². The van der Waals surface area contributed by atoms with Gasteiger partial charge >= 0.3 is 17.8 Å². The molecule has 0 fully saturated rings. The maximum absolute atomic E-state index is 12.9. The number of hydrogen-bond acceptors (Lipinski definition) is 7. The van der Waals surface area contributed by atoms with E-state index in [9.17, 15) is 22.8 Å². The number of esters is 1. The van der Waals surface area contributed by atoms with Crippen LogP contribution >= 0.6 is 0 Å². The SMILES string of the molecule is COC(=O)c1cc(-c2c(-c3ccccc3)nc(N)n3c(=O)n(CCC(F)(F)F)nc23)cc(C)n1. The Morgan fingerprint density at radius 3 is 2.47 bits per heavy atom. The van der Waals surface area contributed by atoms with E-state index in [0.29, 0.717) is 32.8 Å². The molecule has 4 aromatic rings. The first-order chi connectivity index (χ1) is 16.1. The Labute approximate surface area is 190 Å². The molecule has 176 valence electrons. The highest BCUT2D eigenvalue weighted by Crippen LogP contribution is 2.35. The topological polar surface area (TPSA) is 117 Å². The fraction of sp³-hybridized carbons (Fsp3) is 0.227. The van der Waals surface area contributed by atoms with E-state index in [4.69, 9.17) is 10.5 Å². The highest BCUT2D eigenvalue weighted by Gasteiger charge is 2.29. The van der Waals surface area contributed by atoms with Gasteiger partial charge in [0.2, 0.25) is 5.95 Å². The van der Waals surface area contributed by atoms with Crippen LogP contribution in [0.4, 0.5) is 19.1 Å². The molecule has 0 saturated heterocycles. The van der Waals surface area contributed by atoms with Gasteiger partial charge in [-0.05, 0) is 24.6 Å². The van der Waals surface area contributed by atoms with Crippen molar-refractivity contribution in [3.05, 3.63) is 64.3 Å². The number of carbonyl (C=O) groups excluding carboxylic acids is 1. The van der Waals surface area contributed by atoms with Gasteiger partial charge in [-0.15, -0.1) is 5.10 Å². The van der Waals surface area contributed by atoms with Gasteiger partial charge in [0, 0.05) is 11.3 Å². The second kappa shape index (κ2) is 8.61. The molecule has 1 aromatic carbocycles. The Hall–Kier alpha value is -4.22. The van der Waals surface area contributed by atoms with Crippen molar-refractivity contribution in [1.82, 2.24) is 24.1 Å². The van der Waals surface area contributed by atoms with Crippen molar-refractivity contribution in [2.24, 2.45) is 0 Å². The van der Waals surface area contributed by atoms with E-state index in [2.05, 4.69) is 15.1 Å². The summed E-state index contributed by atoms with van der Waals surface area (Å²) in [6, 6.07) is 11.9. The van der Waals surface area contributed by atoms with Gasteiger partial charge in [0.1, 0.15) is 5.69 Å². The molecule has 34 heavy (non-hydrogen) atoms. The fourth-order valence-corrected chi connectivity index (χ4v) is 3.57. The van der Waals surface area contributed by atoms with Crippen LogP contribution in [-0.4, -0.2) is 43.4 Å². The lowest BCUT2D eigenvalue weighted by Gasteiger charge is -2.13. The lowest BCUT2D eigenvalue weighted by Crippen LogP contribution is -2.25. The summed E-state index contributed by atoms with van der Waals surface area (Å²) in [4.78, 5) is 33.6. The van der Waals surface area contributed by atoms with E-state index >= 15 is 0 Å². The third-order valence-corrected chi connectivity index (χ3v) is 5.05. The summed E-state index contributed by atoms with van der Waals surface area (Å²) in [7, 11) is 1.21. The van der Waals surface area contributed by atoms with Crippen molar-refractivity contribution in [2.45, 2.75) is 26.1 Å². The van der Waals surface area contributed by atoms with E-state index in [1.54, 1.807) is 43.3 Å². The van der Waals surface area contributed by atoms with Crippen molar-refractivity contribution in [3.8, 4) is 22.4 Å². The summed E-state index contributed by atoms with van der Waals surface area (Å²) >= 11 is 0. The van der Waals surface area contributed by atoms with Crippen LogP contribution in [0.15, 0.2) is 47.3 Å². The molecule has 0 radical (unpaired) electrons. The first-order valence-corrected chi connectivity index (χ1v) is 10.1. The van der Waals surface area contributed by atoms with E-state index in [-0.39, 0.29) is 17.3 Å². The van der Waals surface area contributed by atoms with Crippen LogP contribution < -0.4 is 11.4 Å². The van der Waals surface area contributed by atoms with Gasteiger partial charge in [-0.3, -0.25) is 0 Å². The number of nitrogens with zero attached hydrogens (tertiary/aromatic N) is 5. The number of hydrogen-bond donors (Lipinski definition) is 1. The monoisotopic (exact) mass is 472 g/mol. The average molecular weight is 472 g/mol. The second-order valence-corrected chi connectivity index (χ2v) is 7.46. The Bertz CT molecular complexity index is 1440. The number of anilines is 1. The predicted molar refractivity (Wildman–Crippen MR) is 117 cm³/mol. The Kier molecular flexibility index (Phi) is 5.82. The highest BCUT2D eigenvalue weighted by atomic mass is 19.4. The van der Waals surface area contributed by atoms with Crippen LogP contribution in [0, 0.1) is 6.92 Å². The molecular formula is C22H19F3N6O3. The number of benzene rings is 1. The summed E-state index contributed by atoms with van der Waals surface area (Å²) in [6.07, 6.45) is -5.72. The zero-order valence-corrected chi connectivity index (χ0v) is 18.1. The summed E-state index contributed by atoms with van der Waals surface area (Å²) in [6.45, 7) is 0.973. The number of alkyl halides is 3. The summed E-state index contributed by atoms with van der Waals surface area (Å²) < 4.78 is 44.8. The molecule has 0 spiro atoms. The summed E-state index contributed by atoms with van der Waals surface area (Å²) in [5.41, 5.74) is 7.34. The predicted octanol–water partition coefficient (Wildman–Crippen LogP) is 3.25. The molecular weight excluding hydrogens is 453 g/mol. The number of pyridine rings is 1. The zero-order chi connectivity index (χ0) is 24.6. The van der Waals surface area contributed by atoms with Gasteiger partial charge in [-0.2, -0.15) is 13.2 Å². The number of methoxy groups -OCH3 is 1. The number of halogens is 3. The van der Waals surface area contributed by atoms with E-state index < -0.39 is 30.8 Å². The van der Waals surface area contributed by atoms with Crippen LogP contribution in [-0.2, 0) is 11.3 Å². The lowest BCUT2D eigenvalue weighted by molar-refractivity contribution is -0.137. The average Bonchev–Trinajstić information content (AvgIpc) is 3.13. The molecule has 0 aliphatic rings. The first kappa shape index (κ1) is 23.0. The third-order valence-electron chi connectivity index (χ3n) is 5.05. The summed E-state index contributed by atoms with van der Waals surface area (Å²) in [5.74, 6) is -0.918. The maximum atomic E-state index is 12.9. The van der Waals surface area contributed by atoms with Crippen molar-refractivity contribution < 1.29 is 22.7 Å². The van der Waals surface area contributed by atoms with Crippen LogP contribution in [0.3, 0.4) is 0 Å². The minimum atomic E-state index is -4.48. The molecule has 2 N–H and O–H groups in total. The smallest absolute Gasteiger partial charge is 0.390 e. The first-order valence-electron chi connectivity index (χ1n) is 10.1. The number of carbonyl (C=O) groups is 1. The molecule has 0 amide bonds. The quantitative estimate of drug-likeness (QED) is 0.443. The Morgan fingerprint density at radius 2 is 1.82 bits per heavy atom. The van der Waals surface area contributed by atoms with Gasteiger partial charge < -0.3 is 10.5 Å². The van der Waals surface area contributed by atoms with Crippen molar-refractivity contribution in [3.63, 3.8) is 0 Å². The van der Waals surface area contributed by atoms with Crippen LogP contribution in [0.25, 0.3) is 28.0 Å². The molecule has 3 heterocycles. The standard InChI is InChI=1S/C22H19F3N6O3/c1-12-10-14(11-15(27-12)19(32)34-2)16-17(13-6-4-3-5-7-13)28-20(26)31-18(16)29-30(21(31)33)9-8-22(23,24)25/h3-7,10-11H,8-9H2,1-2H3,(H2,26,28). The molecule has 0 saturated carbocycles. The van der Waals surface area contributed by atoms with Crippen LogP contribution in [0.2, 0.25) is 0 Å². The molecule has 0 unspecified atom stereocenters. The number of nitrogen functional groups attached to an aromatic ring is 1. The number of aromatic nitrogens is 5. The fourth-order valence-electron chi connectivity index (χ4n) is 3.57. The number of ether oxygens (including phenoxy) is 1. The van der Waals surface area contributed by atoms with Crippen molar-refractivity contribution in [1.29, 1.82) is 0 Å². The van der Waals surface area contributed by atoms with Gasteiger partial charge in [-0.25, -0.2) is 28.6 Å². The van der Waals surface area contributed by atoms with E-state index in [0.717, 1.165) is 4.40 Å². The number of fused-ring (bicyclic) bond motifs is 1. The third kappa shape index (κ3) is 4.34.